The van der Waals surface area contributed by atoms with Gasteiger partial charge in [-0.15, -0.1) is 0 Å². The van der Waals surface area contributed by atoms with Crippen molar-refractivity contribution in [3.63, 3.8) is 0 Å². The number of ether oxygens (including phenoxy) is 3. The van der Waals surface area contributed by atoms with Crippen LogP contribution in [0.2, 0.25) is 0 Å². The zero-order chi connectivity index (χ0) is 43.0. The minimum Gasteiger partial charge on any atom is -0.462 e. The highest BCUT2D eigenvalue weighted by molar-refractivity contribution is 5.71. The number of hydrogen-bond donors (Lipinski definition) is 0. The van der Waals surface area contributed by atoms with Crippen LogP contribution >= 0.6 is 0 Å². The van der Waals surface area contributed by atoms with Gasteiger partial charge in [-0.05, 0) is 70.6 Å². The van der Waals surface area contributed by atoms with Crippen molar-refractivity contribution in [2.75, 3.05) is 13.2 Å². The molecule has 0 heterocycles. The molecule has 1 atom stereocenters. The Bertz CT molecular complexity index is 1040. The van der Waals surface area contributed by atoms with Crippen LogP contribution < -0.4 is 0 Å². The summed E-state index contributed by atoms with van der Waals surface area (Å²) in [5.74, 6) is -0.901. The van der Waals surface area contributed by atoms with Gasteiger partial charge in [-0.2, -0.15) is 0 Å². The predicted molar refractivity (Wildman–Crippen MR) is 252 cm³/mol. The van der Waals surface area contributed by atoms with E-state index in [0.29, 0.717) is 19.3 Å². The molecule has 1 unspecified atom stereocenters. The van der Waals surface area contributed by atoms with E-state index in [-0.39, 0.29) is 31.1 Å². The fourth-order valence-electron chi connectivity index (χ4n) is 7.03. The van der Waals surface area contributed by atoms with Gasteiger partial charge in [-0.25, -0.2) is 0 Å². The molecule has 0 aliphatic carbocycles. The molecular formula is C53H94O6. The summed E-state index contributed by atoms with van der Waals surface area (Å²) in [7, 11) is 0. The molecule has 59 heavy (non-hydrogen) atoms. The van der Waals surface area contributed by atoms with Crippen molar-refractivity contribution in [2.24, 2.45) is 0 Å². The van der Waals surface area contributed by atoms with Gasteiger partial charge in [-0.3, -0.25) is 14.4 Å². The average molecular weight is 827 g/mol. The lowest BCUT2D eigenvalue weighted by molar-refractivity contribution is -0.167. The molecule has 0 aliphatic rings. The summed E-state index contributed by atoms with van der Waals surface area (Å²) in [5, 5.41) is 0. The zero-order valence-electron chi connectivity index (χ0n) is 39.0. The first-order valence-corrected chi connectivity index (χ1v) is 25.1. The van der Waals surface area contributed by atoms with Crippen LogP contribution in [-0.2, 0) is 28.6 Å². The van der Waals surface area contributed by atoms with Gasteiger partial charge in [0.15, 0.2) is 6.10 Å². The largest absolute Gasteiger partial charge is 0.462 e. The second-order valence-corrected chi connectivity index (χ2v) is 16.7. The van der Waals surface area contributed by atoms with E-state index in [1.165, 1.54) is 109 Å². The van der Waals surface area contributed by atoms with Crippen LogP contribution in [0.1, 0.15) is 252 Å². The summed E-state index contributed by atoms with van der Waals surface area (Å²) in [4.78, 5) is 37.9. The molecule has 0 bridgehead atoms. The SMILES string of the molecule is CC/C=C\C/C=C\C/C=C\CCCCCCCC(=O)OCC(COC(=O)CCCCCCC/C=C\CCCC)OC(=O)CCCCCCCCCCCCCCCCC. The van der Waals surface area contributed by atoms with E-state index in [1.807, 2.05) is 0 Å². The Morgan fingerprint density at radius 2 is 0.678 bits per heavy atom. The number of hydrogen-bond acceptors (Lipinski definition) is 6. The minimum absolute atomic E-state index is 0.0812. The van der Waals surface area contributed by atoms with Crippen LogP contribution in [0.4, 0.5) is 0 Å². The van der Waals surface area contributed by atoms with E-state index in [9.17, 15) is 14.4 Å². The Labute approximate surface area is 365 Å². The standard InChI is InChI=1S/C53H94O6/c1-4-7-10-13-16-19-22-24-26-28-31-34-37-40-43-46-52(55)58-49-50(48-57-51(54)45-42-39-36-33-30-21-18-15-12-9-6-3)59-53(56)47-44-41-38-35-32-29-27-25-23-20-17-14-11-8-5-2/h7,10,15-16,18-19,24,26,50H,4-6,8-9,11-14,17,20-23,25,27-49H2,1-3H3/b10-7-,18-15-,19-16-,26-24-. The van der Waals surface area contributed by atoms with Gasteiger partial charge in [0.2, 0.25) is 0 Å². The van der Waals surface area contributed by atoms with Crippen molar-refractivity contribution in [1.29, 1.82) is 0 Å². The first kappa shape index (κ1) is 56.4. The second-order valence-electron chi connectivity index (χ2n) is 16.7. The molecule has 6 nitrogen and oxygen atoms in total. The molecule has 0 spiro atoms. The van der Waals surface area contributed by atoms with Crippen molar-refractivity contribution in [2.45, 2.75) is 258 Å². The summed E-state index contributed by atoms with van der Waals surface area (Å²) < 4.78 is 16.8. The molecule has 0 aromatic heterocycles. The van der Waals surface area contributed by atoms with Crippen molar-refractivity contribution in [1.82, 2.24) is 0 Å². The van der Waals surface area contributed by atoms with Gasteiger partial charge in [0, 0.05) is 19.3 Å². The molecular weight excluding hydrogens is 733 g/mol. The lowest BCUT2D eigenvalue weighted by Crippen LogP contribution is -2.30. The Kier molecular flexibility index (Phi) is 45.9. The molecule has 0 fully saturated rings. The lowest BCUT2D eigenvalue weighted by atomic mass is 10.0. The predicted octanol–water partition coefficient (Wildman–Crippen LogP) is 16.3. The normalized spacial score (nSPS) is 12.4. The molecule has 0 amide bonds. The number of carbonyl (C=O) groups is 3. The summed E-state index contributed by atoms with van der Waals surface area (Å²) in [6.45, 7) is 6.48. The third kappa shape index (κ3) is 46.3. The summed E-state index contributed by atoms with van der Waals surface area (Å²) in [6, 6.07) is 0. The third-order valence-corrected chi connectivity index (χ3v) is 10.8. The topological polar surface area (TPSA) is 78.9 Å². The first-order valence-electron chi connectivity index (χ1n) is 25.1. The smallest absolute Gasteiger partial charge is 0.306 e. The van der Waals surface area contributed by atoms with E-state index >= 15 is 0 Å². The fraction of sp³-hybridized carbons (Fsp3) is 0.792. The third-order valence-electron chi connectivity index (χ3n) is 10.8. The van der Waals surface area contributed by atoms with Crippen LogP contribution in [0.15, 0.2) is 48.6 Å². The second kappa shape index (κ2) is 48.0. The van der Waals surface area contributed by atoms with Crippen molar-refractivity contribution < 1.29 is 28.6 Å². The Morgan fingerprint density at radius 1 is 0.356 bits per heavy atom. The van der Waals surface area contributed by atoms with Crippen LogP contribution in [-0.4, -0.2) is 37.2 Å². The van der Waals surface area contributed by atoms with Gasteiger partial charge in [0.1, 0.15) is 13.2 Å². The number of rotatable bonds is 45. The molecule has 0 saturated carbocycles. The molecule has 0 N–H and O–H groups in total. The van der Waals surface area contributed by atoms with Crippen molar-refractivity contribution in [3.8, 4) is 0 Å². The van der Waals surface area contributed by atoms with E-state index in [1.54, 1.807) is 0 Å². The van der Waals surface area contributed by atoms with E-state index in [2.05, 4.69) is 69.4 Å². The van der Waals surface area contributed by atoms with Crippen molar-refractivity contribution >= 4 is 17.9 Å². The number of allylic oxidation sites excluding steroid dienone is 8. The molecule has 6 heteroatoms. The summed E-state index contributed by atoms with van der Waals surface area (Å²) in [6.07, 6.45) is 56.6. The monoisotopic (exact) mass is 827 g/mol. The Hall–Kier alpha value is -2.63. The van der Waals surface area contributed by atoms with E-state index < -0.39 is 6.10 Å². The highest BCUT2D eigenvalue weighted by atomic mass is 16.6. The van der Waals surface area contributed by atoms with Gasteiger partial charge in [0.25, 0.3) is 0 Å². The number of carbonyl (C=O) groups excluding carboxylic acids is 3. The maximum atomic E-state index is 12.8. The van der Waals surface area contributed by atoms with Crippen LogP contribution in [0, 0.1) is 0 Å². The van der Waals surface area contributed by atoms with Crippen LogP contribution in [0.25, 0.3) is 0 Å². The van der Waals surface area contributed by atoms with Crippen LogP contribution in [0.5, 0.6) is 0 Å². The summed E-state index contributed by atoms with van der Waals surface area (Å²) >= 11 is 0. The Morgan fingerprint density at radius 3 is 1.10 bits per heavy atom. The molecule has 342 valence electrons. The highest BCUT2D eigenvalue weighted by Crippen LogP contribution is 2.15. The van der Waals surface area contributed by atoms with Gasteiger partial charge in [-0.1, -0.05) is 211 Å². The Balaban J connectivity index is 4.38. The maximum absolute atomic E-state index is 12.8. The molecule has 0 aromatic rings. The molecule has 0 radical (unpaired) electrons. The van der Waals surface area contributed by atoms with E-state index in [0.717, 1.165) is 103 Å². The quantitative estimate of drug-likeness (QED) is 0.0263. The highest BCUT2D eigenvalue weighted by Gasteiger charge is 2.19. The van der Waals surface area contributed by atoms with Crippen molar-refractivity contribution in [3.05, 3.63) is 48.6 Å². The molecule has 0 aromatic carbocycles. The molecule has 0 saturated heterocycles. The maximum Gasteiger partial charge on any atom is 0.306 e. The molecule has 0 aliphatic heterocycles. The van der Waals surface area contributed by atoms with Gasteiger partial charge < -0.3 is 14.2 Å². The van der Waals surface area contributed by atoms with Crippen LogP contribution in [0.3, 0.4) is 0 Å². The van der Waals surface area contributed by atoms with Gasteiger partial charge in [0.05, 0.1) is 0 Å². The lowest BCUT2D eigenvalue weighted by Gasteiger charge is -2.18. The zero-order valence-corrected chi connectivity index (χ0v) is 39.0. The molecule has 0 rings (SSSR count). The van der Waals surface area contributed by atoms with E-state index in [4.69, 9.17) is 14.2 Å². The fourth-order valence-corrected chi connectivity index (χ4v) is 7.03. The van der Waals surface area contributed by atoms with Gasteiger partial charge >= 0.3 is 17.9 Å². The number of esters is 3. The first-order chi connectivity index (χ1) is 29.0. The number of unbranched alkanes of at least 4 members (excludes halogenated alkanes) is 26. The average Bonchev–Trinajstić information content (AvgIpc) is 3.23. The minimum atomic E-state index is -0.779. The summed E-state index contributed by atoms with van der Waals surface area (Å²) in [5.41, 5.74) is 0.